The lowest BCUT2D eigenvalue weighted by atomic mass is 10.2. The Bertz CT molecular complexity index is 1090. The first kappa shape index (κ1) is 19.9. The lowest BCUT2D eigenvalue weighted by Gasteiger charge is -2.06. The van der Waals surface area contributed by atoms with Gasteiger partial charge in [-0.1, -0.05) is 71.9 Å². The third kappa shape index (κ3) is 5.58. The summed E-state index contributed by atoms with van der Waals surface area (Å²) in [5.41, 5.74) is 4.62. The minimum Gasteiger partial charge on any atom is -0.489 e. The van der Waals surface area contributed by atoms with Crippen LogP contribution in [0.4, 0.5) is 0 Å². The molecule has 0 aliphatic rings. The van der Waals surface area contributed by atoms with Gasteiger partial charge in [0.25, 0.3) is 0 Å². The molecule has 0 N–H and O–H groups in total. The average molecular weight is 415 g/mol. The van der Waals surface area contributed by atoms with Crippen molar-refractivity contribution >= 4 is 18.0 Å². The van der Waals surface area contributed by atoms with Gasteiger partial charge >= 0.3 is 0 Å². The molecule has 5 nitrogen and oxygen atoms in total. The van der Waals surface area contributed by atoms with Gasteiger partial charge in [-0.05, 0) is 47.9 Å². The van der Waals surface area contributed by atoms with Crippen LogP contribution in [0.15, 0.2) is 95.4 Å². The summed E-state index contributed by atoms with van der Waals surface area (Å²) in [6.07, 6.45) is 3.41. The summed E-state index contributed by atoms with van der Waals surface area (Å²) in [5.74, 6) is 1.65. The van der Waals surface area contributed by atoms with Gasteiger partial charge in [-0.15, -0.1) is 10.2 Å². The van der Waals surface area contributed by atoms with Gasteiger partial charge in [-0.2, -0.15) is 9.78 Å². The van der Waals surface area contributed by atoms with E-state index in [9.17, 15) is 0 Å². The van der Waals surface area contributed by atoms with E-state index in [1.165, 1.54) is 11.1 Å². The lowest BCUT2D eigenvalue weighted by molar-refractivity contribution is 0.306. The predicted molar refractivity (Wildman–Crippen MR) is 121 cm³/mol. The second kappa shape index (κ2) is 9.89. The first-order valence-corrected chi connectivity index (χ1v) is 10.6. The van der Waals surface area contributed by atoms with E-state index in [1.807, 2.05) is 42.5 Å². The minimum atomic E-state index is 0.552. The molecule has 0 atom stereocenters. The van der Waals surface area contributed by atoms with Gasteiger partial charge in [0.15, 0.2) is 0 Å². The number of hydrogen-bond donors (Lipinski definition) is 0. The second-order valence-corrected chi connectivity index (χ2v) is 7.76. The lowest BCUT2D eigenvalue weighted by Crippen LogP contribution is -1.95. The fraction of sp³-hybridized carbons (Fsp3) is 0.125. The third-order valence-corrected chi connectivity index (χ3v) is 5.45. The van der Waals surface area contributed by atoms with Crippen molar-refractivity contribution < 1.29 is 4.74 Å². The molecule has 4 rings (SSSR count). The summed E-state index contributed by atoms with van der Waals surface area (Å²) in [7, 11) is 0. The number of thioether (sulfide) groups is 1. The molecule has 30 heavy (non-hydrogen) atoms. The van der Waals surface area contributed by atoms with E-state index in [2.05, 4.69) is 58.6 Å². The molecule has 0 spiro atoms. The Kier molecular flexibility index (Phi) is 6.57. The molecule has 0 bridgehead atoms. The van der Waals surface area contributed by atoms with E-state index in [1.54, 1.807) is 29.0 Å². The maximum absolute atomic E-state index is 5.82. The van der Waals surface area contributed by atoms with Gasteiger partial charge < -0.3 is 4.74 Å². The van der Waals surface area contributed by atoms with Crippen LogP contribution in [-0.4, -0.2) is 21.1 Å². The van der Waals surface area contributed by atoms with Crippen molar-refractivity contribution in [3.63, 3.8) is 0 Å². The molecule has 0 aliphatic carbocycles. The number of ether oxygens (including phenoxy) is 1. The van der Waals surface area contributed by atoms with Gasteiger partial charge in [-0.25, -0.2) is 0 Å². The van der Waals surface area contributed by atoms with E-state index >= 15 is 0 Å². The van der Waals surface area contributed by atoms with Crippen LogP contribution in [0.25, 0.3) is 0 Å². The summed E-state index contributed by atoms with van der Waals surface area (Å²) in [4.78, 5) is 0. The van der Waals surface area contributed by atoms with Crippen LogP contribution in [0.2, 0.25) is 0 Å². The van der Waals surface area contributed by atoms with E-state index in [0.29, 0.717) is 6.61 Å². The highest BCUT2D eigenvalue weighted by molar-refractivity contribution is 7.98. The van der Waals surface area contributed by atoms with Crippen molar-refractivity contribution in [2.75, 3.05) is 0 Å². The first-order chi connectivity index (χ1) is 14.8. The Morgan fingerprint density at radius 2 is 1.70 bits per heavy atom. The maximum atomic E-state index is 5.82. The van der Waals surface area contributed by atoms with Crippen LogP contribution in [0.5, 0.6) is 5.75 Å². The molecule has 6 heteroatoms. The highest BCUT2D eigenvalue weighted by Crippen LogP contribution is 2.21. The molecule has 0 saturated heterocycles. The monoisotopic (exact) mass is 414 g/mol. The number of rotatable bonds is 8. The van der Waals surface area contributed by atoms with E-state index < -0.39 is 0 Å². The molecule has 0 radical (unpaired) electrons. The van der Waals surface area contributed by atoms with Crippen LogP contribution in [-0.2, 0) is 12.4 Å². The molecular formula is C24H22N4OS. The average Bonchev–Trinajstić information content (AvgIpc) is 3.25. The van der Waals surface area contributed by atoms with Crippen molar-refractivity contribution in [1.29, 1.82) is 0 Å². The Hall–Kier alpha value is -3.38. The maximum Gasteiger partial charge on any atom is 0.212 e. The SMILES string of the molecule is Cc1ccc(CSc2nncn2/N=C\c2ccc(OCc3ccccc3)cc2)cc1. The summed E-state index contributed by atoms with van der Waals surface area (Å²) >= 11 is 1.61. The normalized spacial score (nSPS) is 11.1. The van der Waals surface area contributed by atoms with Gasteiger partial charge in [-0.3, -0.25) is 0 Å². The molecule has 0 amide bonds. The number of aromatic nitrogens is 3. The predicted octanol–water partition coefficient (Wildman–Crippen LogP) is 5.34. The molecule has 3 aromatic carbocycles. The second-order valence-electron chi connectivity index (χ2n) is 6.82. The molecule has 0 fully saturated rings. The fourth-order valence-electron chi connectivity index (χ4n) is 2.75. The van der Waals surface area contributed by atoms with Gasteiger partial charge in [0.05, 0.1) is 6.21 Å². The first-order valence-electron chi connectivity index (χ1n) is 9.66. The largest absolute Gasteiger partial charge is 0.489 e. The van der Waals surface area contributed by atoms with Crippen LogP contribution < -0.4 is 4.74 Å². The smallest absolute Gasteiger partial charge is 0.212 e. The van der Waals surface area contributed by atoms with E-state index in [0.717, 1.165) is 27.8 Å². The van der Waals surface area contributed by atoms with E-state index in [4.69, 9.17) is 4.74 Å². The zero-order valence-electron chi connectivity index (χ0n) is 16.7. The van der Waals surface area contributed by atoms with Gasteiger partial charge in [0.1, 0.15) is 18.7 Å². The van der Waals surface area contributed by atoms with Crippen LogP contribution in [0.3, 0.4) is 0 Å². The summed E-state index contributed by atoms with van der Waals surface area (Å²) in [6.45, 7) is 2.64. The Labute approximate surface area is 180 Å². The summed E-state index contributed by atoms with van der Waals surface area (Å²) in [5, 5.41) is 13.4. The zero-order chi connectivity index (χ0) is 20.6. The van der Waals surface area contributed by atoms with Crippen molar-refractivity contribution in [3.8, 4) is 5.75 Å². The van der Waals surface area contributed by atoms with Crippen LogP contribution in [0, 0.1) is 6.92 Å². The van der Waals surface area contributed by atoms with Crippen molar-refractivity contribution in [1.82, 2.24) is 14.9 Å². The molecule has 0 aliphatic heterocycles. The fourth-order valence-corrected chi connectivity index (χ4v) is 3.57. The Balaban J connectivity index is 1.33. The highest BCUT2D eigenvalue weighted by atomic mass is 32.2. The van der Waals surface area contributed by atoms with E-state index in [-0.39, 0.29) is 0 Å². The molecule has 0 unspecified atom stereocenters. The van der Waals surface area contributed by atoms with Crippen molar-refractivity contribution in [2.24, 2.45) is 5.10 Å². The molecule has 4 aromatic rings. The number of hydrogen-bond acceptors (Lipinski definition) is 5. The number of aryl methyl sites for hydroxylation is 1. The topological polar surface area (TPSA) is 52.3 Å². The molecule has 150 valence electrons. The number of benzene rings is 3. The molecule has 1 aromatic heterocycles. The Morgan fingerprint density at radius 1 is 0.933 bits per heavy atom. The van der Waals surface area contributed by atoms with Crippen LogP contribution in [0.1, 0.15) is 22.3 Å². The summed E-state index contributed by atoms with van der Waals surface area (Å²) in [6, 6.07) is 26.5. The van der Waals surface area contributed by atoms with Crippen LogP contribution >= 0.6 is 11.8 Å². The standard InChI is InChI=1S/C24H22N4OS/c1-19-7-9-22(10-8-19)17-30-24-27-25-18-28(24)26-15-20-11-13-23(14-12-20)29-16-21-5-3-2-4-6-21/h2-15,18H,16-17H2,1H3/b26-15-. The quantitative estimate of drug-likeness (QED) is 0.288. The molecule has 0 saturated carbocycles. The highest BCUT2D eigenvalue weighted by Gasteiger charge is 2.04. The zero-order valence-corrected chi connectivity index (χ0v) is 17.5. The molecular weight excluding hydrogens is 392 g/mol. The van der Waals surface area contributed by atoms with Gasteiger partial charge in [0, 0.05) is 5.75 Å². The van der Waals surface area contributed by atoms with Crippen molar-refractivity contribution in [2.45, 2.75) is 24.4 Å². The number of nitrogens with zero attached hydrogens (tertiary/aromatic N) is 4. The minimum absolute atomic E-state index is 0.552. The summed E-state index contributed by atoms with van der Waals surface area (Å²) < 4.78 is 7.52. The Morgan fingerprint density at radius 3 is 2.47 bits per heavy atom. The third-order valence-electron chi connectivity index (χ3n) is 4.45. The van der Waals surface area contributed by atoms with Gasteiger partial charge in [0.2, 0.25) is 5.16 Å². The molecule has 1 heterocycles. The van der Waals surface area contributed by atoms with Crippen molar-refractivity contribution in [3.05, 3.63) is 107 Å².